The van der Waals surface area contributed by atoms with Crippen molar-refractivity contribution in [3.63, 3.8) is 0 Å². The van der Waals surface area contributed by atoms with E-state index in [0.717, 1.165) is 22.2 Å². The van der Waals surface area contributed by atoms with Crippen molar-refractivity contribution in [2.24, 2.45) is 5.92 Å². The number of carbonyl (C=O) groups excluding carboxylic acids is 2. The fraction of sp³-hybridized carbons (Fsp3) is 0.467. The van der Waals surface area contributed by atoms with E-state index in [1.165, 1.54) is 0 Å². The number of piperazine rings is 1. The van der Waals surface area contributed by atoms with Crippen LogP contribution in [-0.4, -0.2) is 60.9 Å². The Kier molecular flexibility index (Phi) is 6.05. The van der Waals surface area contributed by atoms with Crippen molar-refractivity contribution < 1.29 is 9.59 Å². The van der Waals surface area contributed by atoms with Crippen LogP contribution < -0.4 is 5.32 Å². The normalized spacial score (nSPS) is 18.4. The highest BCUT2D eigenvalue weighted by atomic mass is 127. The van der Waals surface area contributed by atoms with E-state index in [1.807, 2.05) is 34.1 Å². The van der Waals surface area contributed by atoms with Gasteiger partial charge in [-0.3, -0.25) is 9.59 Å². The summed E-state index contributed by atoms with van der Waals surface area (Å²) in [5.41, 5.74) is 0.751. The molecule has 7 heteroatoms. The van der Waals surface area contributed by atoms with Gasteiger partial charge in [0.1, 0.15) is 0 Å². The maximum absolute atomic E-state index is 12.5. The van der Waals surface area contributed by atoms with Crippen LogP contribution in [0.25, 0.3) is 0 Å². The Morgan fingerprint density at radius 2 is 1.64 bits per heavy atom. The van der Waals surface area contributed by atoms with Crippen molar-refractivity contribution in [3.8, 4) is 0 Å². The van der Waals surface area contributed by atoms with E-state index in [0.29, 0.717) is 26.2 Å². The monoisotopic (exact) mass is 435 g/mol. The van der Waals surface area contributed by atoms with Gasteiger partial charge in [-0.05, 0) is 34.7 Å². The van der Waals surface area contributed by atoms with Gasteiger partial charge < -0.3 is 15.1 Å². The Morgan fingerprint density at radius 3 is 2.18 bits per heavy atom. The largest absolute Gasteiger partial charge is 0.339 e. The molecule has 2 fully saturated rings. The Morgan fingerprint density at radius 1 is 1.05 bits per heavy atom. The highest BCUT2D eigenvalue weighted by molar-refractivity contribution is 14.1. The zero-order valence-corrected chi connectivity index (χ0v) is 15.1. The van der Waals surface area contributed by atoms with Crippen LogP contribution >= 0.6 is 35.0 Å². The lowest BCUT2D eigenvalue weighted by Gasteiger charge is -2.38. The average molecular weight is 436 g/mol. The molecule has 2 saturated heterocycles. The van der Waals surface area contributed by atoms with Gasteiger partial charge in [-0.1, -0.05) is 12.1 Å². The van der Waals surface area contributed by atoms with Crippen LogP contribution in [0.1, 0.15) is 10.4 Å². The van der Waals surface area contributed by atoms with E-state index < -0.39 is 0 Å². The van der Waals surface area contributed by atoms with Crippen LogP contribution in [0.4, 0.5) is 0 Å². The third kappa shape index (κ3) is 3.55. The molecule has 3 rings (SSSR count). The Balaban J connectivity index is 0.00000176. The van der Waals surface area contributed by atoms with E-state index in [-0.39, 0.29) is 30.1 Å². The predicted octanol–water partition coefficient (Wildman–Crippen LogP) is 1.22. The minimum absolute atomic E-state index is 0. The molecule has 2 aliphatic heterocycles. The summed E-state index contributed by atoms with van der Waals surface area (Å²) in [5, 5.41) is 3.12. The highest BCUT2D eigenvalue weighted by Gasteiger charge is 2.32. The lowest BCUT2D eigenvalue weighted by molar-refractivity contribution is -0.138. The van der Waals surface area contributed by atoms with Gasteiger partial charge in [0, 0.05) is 42.8 Å². The quantitative estimate of drug-likeness (QED) is 0.711. The van der Waals surface area contributed by atoms with E-state index in [1.54, 1.807) is 0 Å². The number of nitrogens with one attached hydrogen (secondary N) is 1. The second kappa shape index (κ2) is 7.61. The Bertz CT molecular complexity index is 557. The molecule has 120 valence electrons. The molecule has 0 saturated carbocycles. The van der Waals surface area contributed by atoms with E-state index >= 15 is 0 Å². The van der Waals surface area contributed by atoms with Crippen LogP contribution in [0.2, 0.25) is 0 Å². The third-order valence-electron chi connectivity index (χ3n) is 4.11. The first kappa shape index (κ1) is 17.5. The van der Waals surface area contributed by atoms with Gasteiger partial charge in [0.15, 0.2) is 0 Å². The summed E-state index contributed by atoms with van der Waals surface area (Å²) in [6.45, 7) is 4.11. The van der Waals surface area contributed by atoms with Crippen molar-refractivity contribution in [1.29, 1.82) is 0 Å². The van der Waals surface area contributed by atoms with Crippen molar-refractivity contribution >= 4 is 46.8 Å². The van der Waals surface area contributed by atoms with Gasteiger partial charge in [-0.25, -0.2) is 0 Å². The van der Waals surface area contributed by atoms with Gasteiger partial charge in [0.25, 0.3) is 5.91 Å². The Labute approximate surface area is 150 Å². The summed E-state index contributed by atoms with van der Waals surface area (Å²) in [7, 11) is 0. The van der Waals surface area contributed by atoms with Gasteiger partial charge in [-0.15, -0.1) is 12.4 Å². The lowest BCUT2D eigenvalue weighted by atomic mass is 10.0. The predicted molar refractivity (Wildman–Crippen MR) is 95.3 cm³/mol. The van der Waals surface area contributed by atoms with Crippen molar-refractivity contribution in [3.05, 3.63) is 33.4 Å². The molecule has 0 spiro atoms. The van der Waals surface area contributed by atoms with Crippen molar-refractivity contribution in [1.82, 2.24) is 15.1 Å². The standard InChI is InChI=1S/C15H18IN3O2.ClH/c16-13-4-2-1-3-12(13)15(21)19-7-5-18(6-8-19)14(20)11-9-17-10-11;/h1-4,11,17H,5-10H2;1H. The second-order valence-corrected chi connectivity index (χ2v) is 6.61. The number of rotatable bonds is 2. The molecule has 0 aliphatic carbocycles. The molecular weight excluding hydrogens is 417 g/mol. The smallest absolute Gasteiger partial charge is 0.255 e. The first-order valence-corrected chi connectivity index (χ1v) is 8.28. The number of halogens is 2. The fourth-order valence-electron chi connectivity index (χ4n) is 2.66. The molecule has 0 radical (unpaired) electrons. The molecule has 2 heterocycles. The summed E-state index contributed by atoms with van der Waals surface area (Å²) in [5.74, 6) is 0.440. The van der Waals surface area contributed by atoms with Crippen molar-refractivity contribution in [2.75, 3.05) is 39.3 Å². The van der Waals surface area contributed by atoms with Crippen molar-refractivity contribution in [2.45, 2.75) is 0 Å². The van der Waals surface area contributed by atoms with Crippen LogP contribution in [0.5, 0.6) is 0 Å². The first-order chi connectivity index (χ1) is 10.2. The molecule has 1 aromatic rings. The molecule has 0 aromatic heterocycles. The maximum atomic E-state index is 12.5. The molecule has 1 N–H and O–H groups in total. The number of benzene rings is 1. The molecule has 2 amide bonds. The van der Waals surface area contributed by atoms with Crippen LogP contribution in [0.3, 0.4) is 0 Å². The number of carbonyl (C=O) groups is 2. The zero-order chi connectivity index (χ0) is 14.8. The van der Waals surface area contributed by atoms with Crippen LogP contribution in [0.15, 0.2) is 24.3 Å². The third-order valence-corrected chi connectivity index (χ3v) is 5.05. The molecule has 22 heavy (non-hydrogen) atoms. The molecule has 0 bridgehead atoms. The summed E-state index contributed by atoms with van der Waals surface area (Å²) in [6, 6.07) is 7.62. The summed E-state index contributed by atoms with van der Waals surface area (Å²) >= 11 is 2.19. The minimum atomic E-state index is 0. The fourth-order valence-corrected chi connectivity index (χ4v) is 3.27. The van der Waals surface area contributed by atoms with E-state index in [9.17, 15) is 9.59 Å². The summed E-state index contributed by atoms with van der Waals surface area (Å²) in [4.78, 5) is 28.4. The number of hydrogen-bond acceptors (Lipinski definition) is 3. The lowest BCUT2D eigenvalue weighted by Crippen LogP contribution is -2.57. The molecule has 0 unspecified atom stereocenters. The minimum Gasteiger partial charge on any atom is -0.339 e. The Hall–Kier alpha value is -0.860. The van der Waals surface area contributed by atoms with E-state index in [4.69, 9.17) is 0 Å². The molecule has 2 aliphatic rings. The second-order valence-electron chi connectivity index (χ2n) is 5.45. The SMILES string of the molecule is Cl.O=C(c1ccccc1I)N1CCN(C(=O)C2CNC2)CC1. The molecule has 5 nitrogen and oxygen atoms in total. The number of amides is 2. The first-order valence-electron chi connectivity index (χ1n) is 7.20. The van der Waals surface area contributed by atoms with Gasteiger partial charge in [0.05, 0.1) is 11.5 Å². The average Bonchev–Trinajstić information content (AvgIpc) is 2.45. The summed E-state index contributed by atoms with van der Waals surface area (Å²) < 4.78 is 0.971. The summed E-state index contributed by atoms with van der Waals surface area (Å²) in [6.07, 6.45) is 0. The molecule has 0 atom stereocenters. The van der Waals surface area contributed by atoms with Gasteiger partial charge >= 0.3 is 0 Å². The zero-order valence-electron chi connectivity index (χ0n) is 12.1. The van der Waals surface area contributed by atoms with Crippen LogP contribution in [-0.2, 0) is 4.79 Å². The van der Waals surface area contributed by atoms with Crippen LogP contribution in [0, 0.1) is 9.49 Å². The number of hydrogen-bond donors (Lipinski definition) is 1. The van der Waals surface area contributed by atoms with E-state index in [2.05, 4.69) is 27.9 Å². The maximum Gasteiger partial charge on any atom is 0.255 e. The topological polar surface area (TPSA) is 52.7 Å². The highest BCUT2D eigenvalue weighted by Crippen LogP contribution is 2.16. The molecular formula is C15H19ClIN3O2. The number of nitrogens with zero attached hydrogens (tertiary/aromatic N) is 2. The van der Waals surface area contributed by atoms with Gasteiger partial charge in [-0.2, -0.15) is 0 Å². The molecule has 1 aromatic carbocycles. The van der Waals surface area contributed by atoms with Gasteiger partial charge in [0.2, 0.25) is 5.91 Å².